The summed E-state index contributed by atoms with van der Waals surface area (Å²) < 4.78 is 6.57. The number of carbonyl (C=O) groups excluding carboxylic acids is 2. The third-order valence-corrected chi connectivity index (χ3v) is 12.8. The van der Waals surface area contributed by atoms with Crippen molar-refractivity contribution in [1.82, 2.24) is 0 Å². The van der Waals surface area contributed by atoms with Crippen molar-refractivity contribution in [1.29, 1.82) is 0 Å². The van der Waals surface area contributed by atoms with Crippen LogP contribution in [0.5, 0.6) is 11.5 Å². The molecule has 7 aromatic carbocycles. The maximum atomic E-state index is 14.8. The number of Topliss-reactive ketones (excluding diaryl/α,β-unsaturated/α-hetero) is 1. The van der Waals surface area contributed by atoms with Gasteiger partial charge in [0.05, 0.1) is 0 Å². The minimum absolute atomic E-state index is 0.0214. The molecule has 2 aliphatic carbocycles. The molecule has 0 amide bonds. The van der Waals surface area contributed by atoms with Gasteiger partial charge in [-0.1, -0.05) is 225 Å². The molecule has 9 rings (SSSR count). The van der Waals surface area contributed by atoms with E-state index in [-0.39, 0.29) is 11.7 Å². The van der Waals surface area contributed by atoms with E-state index in [4.69, 9.17) is 4.74 Å². The highest BCUT2D eigenvalue weighted by atomic mass is 16.5. The molecular formula is C68H52O3. The van der Waals surface area contributed by atoms with E-state index in [2.05, 4.69) is 68.3 Å². The van der Waals surface area contributed by atoms with Crippen LogP contribution < -0.4 is 4.74 Å². The van der Waals surface area contributed by atoms with E-state index in [1.807, 2.05) is 189 Å². The van der Waals surface area contributed by atoms with Crippen LogP contribution in [-0.4, -0.2) is 12.1 Å². The number of allylic oxidation sites excluding steroid dienone is 16. The van der Waals surface area contributed by atoms with Crippen LogP contribution in [-0.2, 0) is 9.59 Å². The Morgan fingerprint density at radius 3 is 1.72 bits per heavy atom. The van der Waals surface area contributed by atoms with Crippen LogP contribution in [0.3, 0.4) is 0 Å². The predicted octanol–water partition coefficient (Wildman–Crippen LogP) is 16.2. The molecule has 1 unspecified atom stereocenters. The first-order valence-corrected chi connectivity index (χ1v) is 23.8. The largest absolute Gasteiger partial charge is 0.457 e. The van der Waals surface area contributed by atoms with Gasteiger partial charge < -0.3 is 4.74 Å². The highest BCUT2D eigenvalue weighted by Gasteiger charge is 2.35. The molecule has 342 valence electrons. The van der Waals surface area contributed by atoms with E-state index in [0.29, 0.717) is 40.2 Å². The zero-order valence-corrected chi connectivity index (χ0v) is 39.9. The summed E-state index contributed by atoms with van der Waals surface area (Å²) in [5, 5.41) is 0. The predicted molar refractivity (Wildman–Crippen MR) is 295 cm³/mol. The Bertz CT molecular complexity index is 3420. The highest BCUT2D eigenvalue weighted by molar-refractivity contribution is 6.48. The molecule has 0 bridgehead atoms. The Kier molecular flexibility index (Phi) is 14.5. The summed E-state index contributed by atoms with van der Waals surface area (Å²) in [6.45, 7) is 12.2. The molecule has 0 radical (unpaired) electrons. The third-order valence-electron chi connectivity index (χ3n) is 12.8. The number of hydrogen-bond acceptors (Lipinski definition) is 3. The Morgan fingerprint density at radius 1 is 0.606 bits per heavy atom. The second kappa shape index (κ2) is 21.9. The van der Waals surface area contributed by atoms with Crippen molar-refractivity contribution in [3.8, 4) is 23.3 Å². The maximum absolute atomic E-state index is 14.8. The van der Waals surface area contributed by atoms with Gasteiger partial charge in [0.25, 0.3) is 0 Å². The van der Waals surface area contributed by atoms with Crippen LogP contribution in [0.15, 0.2) is 266 Å². The van der Waals surface area contributed by atoms with Crippen molar-refractivity contribution < 1.29 is 14.3 Å². The second-order valence-corrected chi connectivity index (χ2v) is 17.4. The van der Waals surface area contributed by atoms with Gasteiger partial charge in [-0.15, -0.1) is 0 Å². The number of rotatable bonds is 14. The van der Waals surface area contributed by atoms with Crippen LogP contribution >= 0.6 is 0 Å². The summed E-state index contributed by atoms with van der Waals surface area (Å²) in [5.41, 5.74) is 15.5. The molecule has 1 atom stereocenters. The molecule has 0 N–H and O–H groups in total. The Balaban J connectivity index is 1.10. The second-order valence-electron chi connectivity index (χ2n) is 17.4. The number of aldehydes is 1. The van der Waals surface area contributed by atoms with E-state index >= 15 is 0 Å². The molecule has 0 aromatic heterocycles. The minimum Gasteiger partial charge on any atom is -0.457 e. The first kappa shape index (κ1) is 47.0. The zero-order valence-electron chi connectivity index (χ0n) is 39.9. The molecule has 3 nitrogen and oxygen atoms in total. The smallest absolute Gasteiger partial charge is 0.195 e. The zero-order chi connectivity index (χ0) is 49.1. The van der Waals surface area contributed by atoms with Gasteiger partial charge >= 0.3 is 0 Å². The molecule has 7 aromatic rings. The topological polar surface area (TPSA) is 43.4 Å². The molecule has 0 heterocycles. The van der Waals surface area contributed by atoms with E-state index in [1.54, 1.807) is 12.2 Å². The lowest BCUT2D eigenvalue weighted by molar-refractivity contribution is -0.110. The molecule has 0 aliphatic heterocycles. The fourth-order valence-electron chi connectivity index (χ4n) is 9.27. The lowest BCUT2D eigenvalue weighted by Crippen LogP contribution is -2.05. The number of hydrogen-bond donors (Lipinski definition) is 0. The van der Waals surface area contributed by atoms with Gasteiger partial charge in [0.1, 0.15) is 11.5 Å². The molecule has 0 saturated heterocycles. The van der Waals surface area contributed by atoms with E-state index in [0.717, 1.165) is 84.2 Å². The van der Waals surface area contributed by atoms with Crippen LogP contribution in [0.4, 0.5) is 0 Å². The monoisotopic (exact) mass is 916 g/mol. The molecule has 0 fully saturated rings. The molecule has 0 saturated carbocycles. The molecule has 71 heavy (non-hydrogen) atoms. The summed E-state index contributed by atoms with van der Waals surface area (Å²) in [7, 11) is 0. The first-order chi connectivity index (χ1) is 34.8. The average molecular weight is 917 g/mol. The molecular weight excluding hydrogens is 865 g/mol. The van der Waals surface area contributed by atoms with Gasteiger partial charge in [-0.05, 0) is 112 Å². The van der Waals surface area contributed by atoms with Crippen molar-refractivity contribution in [2.24, 2.45) is 5.92 Å². The van der Waals surface area contributed by atoms with Gasteiger partial charge in [-0.2, -0.15) is 0 Å². The Labute approximate surface area is 417 Å². The number of ether oxygens (including phenoxy) is 1. The average Bonchev–Trinajstić information content (AvgIpc) is 3.73. The van der Waals surface area contributed by atoms with E-state index in [9.17, 15) is 9.59 Å². The minimum atomic E-state index is -0.0698. The summed E-state index contributed by atoms with van der Waals surface area (Å²) in [4.78, 5) is 28.4. The lowest BCUT2D eigenvalue weighted by Gasteiger charge is -2.22. The molecule has 2 aliphatic rings. The number of benzene rings is 7. The van der Waals surface area contributed by atoms with Crippen LogP contribution in [0.1, 0.15) is 57.9 Å². The standard InChI is InChI=1S/C68H52O3/c1-5-19-51(6-2)66-64(55-26-17-10-18-27-55)65(67(68(66)70)58-34-28-47(3)29-35-58)57-40-44-60(45-41-57)71-59-42-38-56(39-43-59)63(62(54-24-15-9-16-25-54)48(4)52-22-13-8-14-23-52)61(46-69)53-36-32-50(33-37-53)31-30-49-20-11-7-12-21-49/h5-29,32,34-46,50H,1-2,33H2,3-4H3/b51-19+,62-48+,63-61+. The number of aryl methyl sites for hydroxylation is 1. The molecule has 0 spiro atoms. The van der Waals surface area contributed by atoms with Crippen molar-refractivity contribution >= 4 is 45.5 Å². The normalized spacial score (nSPS) is 15.2. The van der Waals surface area contributed by atoms with Gasteiger partial charge in [0, 0.05) is 44.9 Å². The van der Waals surface area contributed by atoms with Gasteiger partial charge in [0.2, 0.25) is 0 Å². The van der Waals surface area contributed by atoms with Crippen LogP contribution in [0, 0.1) is 24.7 Å². The third kappa shape index (κ3) is 10.3. The fraction of sp³-hybridized carbons (Fsp3) is 0.0588. The number of ketones is 1. The van der Waals surface area contributed by atoms with Gasteiger partial charge in [0.15, 0.2) is 12.1 Å². The summed E-state index contributed by atoms with van der Waals surface area (Å²) >= 11 is 0. The first-order valence-electron chi connectivity index (χ1n) is 23.8. The van der Waals surface area contributed by atoms with Crippen molar-refractivity contribution in [3.05, 3.63) is 311 Å². The SMILES string of the molecule is C=C/C=C(\C=C)C1=C(c2ccccc2)C(c2ccc(Oc3ccc(C(=C(/C=O)C4=CCC(C#Cc5ccccc5)C=C4)/C(=C(\C)c4ccccc4)c4ccccc4)cc3)cc2)=C(c2ccc(C)cc2)C1=O. The quantitative estimate of drug-likeness (QED) is 0.0359. The molecule has 3 heteroatoms. The Hall–Kier alpha value is -9.10. The highest BCUT2D eigenvalue weighted by Crippen LogP contribution is 2.49. The van der Waals surface area contributed by atoms with Crippen LogP contribution in [0.25, 0.3) is 33.4 Å². The van der Waals surface area contributed by atoms with Crippen molar-refractivity contribution in [2.45, 2.75) is 20.3 Å². The Morgan fingerprint density at radius 2 is 1.14 bits per heavy atom. The summed E-state index contributed by atoms with van der Waals surface area (Å²) in [6.07, 6.45) is 13.2. The van der Waals surface area contributed by atoms with Crippen molar-refractivity contribution in [3.63, 3.8) is 0 Å². The summed E-state index contributed by atoms with van der Waals surface area (Å²) in [5.74, 6) is 7.92. The fourth-order valence-corrected chi connectivity index (χ4v) is 9.27. The number of carbonyl (C=O) groups is 2. The van der Waals surface area contributed by atoms with E-state index in [1.165, 1.54) is 0 Å². The van der Waals surface area contributed by atoms with Crippen LogP contribution in [0.2, 0.25) is 0 Å². The summed E-state index contributed by atoms with van der Waals surface area (Å²) in [6, 6.07) is 64.6. The lowest BCUT2D eigenvalue weighted by atomic mass is 9.81. The maximum Gasteiger partial charge on any atom is 0.195 e. The van der Waals surface area contributed by atoms with Crippen molar-refractivity contribution in [2.75, 3.05) is 0 Å². The van der Waals surface area contributed by atoms with Gasteiger partial charge in [-0.3, -0.25) is 9.59 Å². The van der Waals surface area contributed by atoms with Gasteiger partial charge in [-0.25, -0.2) is 0 Å². The van der Waals surface area contributed by atoms with E-state index < -0.39 is 0 Å².